The summed E-state index contributed by atoms with van der Waals surface area (Å²) in [7, 11) is -3.75. The Bertz CT molecular complexity index is 2710. The van der Waals surface area contributed by atoms with E-state index in [0.717, 1.165) is 17.2 Å². The zero-order valence-electron chi connectivity index (χ0n) is 42.4. The predicted octanol–water partition coefficient (Wildman–Crippen LogP) is -3.21. The van der Waals surface area contributed by atoms with Gasteiger partial charge in [-0.1, -0.05) is 48.5 Å². The van der Waals surface area contributed by atoms with E-state index in [-0.39, 0.29) is 64.0 Å². The van der Waals surface area contributed by atoms with Gasteiger partial charge in [0.25, 0.3) is 0 Å². The van der Waals surface area contributed by atoms with Gasteiger partial charge in [-0.15, -0.1) is 0 Å². The number of carbonyl (C=O) groups is 7. The van der Waals surface area contributed by atoms with Crippen molar-refractivity contribution < 1.29 is 52.2 Å². The molecular weight excluding hydrogens is 1010 g/mol. The highest BCUT2D eigenvalue weighted by Gasteiger charge is 2.36. The molecule has 2 aromatic heterocycles. The highest BCUT2D eigenvalue weighted by molar-refractivity contribution is 7.90. The van der Waals surface area contributed by atoms with E-state index in [0.29, 0.717) is 23.2 Å². The third-order valence-electron chi connectivity index (χ3n) is 12.6. The zero-order chi connectivity index (χ0) is 55.4. The molecule has 7 amide bonds. The van der Waals surface area contributed by atoms with Gasteiger partial charge in [0, 0.05) is 62.4 Å². The maximum absolute atomic E-state index is 14.7. The van der Waals surface area contributed by atoms with Crippen LogP contribution in [0.4, 0.5) is 0 Å². The molecule has 4 aromatic rings. The fraction of sp³-hybridized carbons (Fsp3) is 0.490. The molecule has 9 atom stereocenters. The SMILES string of the molecule is CC(=O)N[C@@H](CCCNC(=N)N)C(O)N[C@H]1CC(=O)NCCCC[C@@H](C(N)=O)NC(=O)[C@H](Cc2c[nH]c3ccccc23)NC(=O)[C@H](CCS(C)(=O)=O)NC(=O)[C@@H](Cc2ccccc2)NC(O)[C@H](Cc2c[nH]cn2)NC1=O. The molecule has 2 unspecified atom stereocenters. The van der Waals surface area contributed by atoms with Crippen molar-refractivity contribution >= 4 is 68.0 Å². The van der Waals surface area contributed by atoms with E-state index in [4.69, 9.17) is 16.9 Å². The van der Waals surface area contributed by atoms with Crippen molar-refractivity contribution in [2.24, 2.45) is 11.5 Å². The van der Waals surface area contributed by atoms with E-state index in [9.17, 15) is 52.2 Å². The van der Waals surface area contributed by atoms with E-state index in [1.54, 1.807) is 42.6 Å². The summed E-state index contributed by atoms with van der Waals surface area (Å²) in [5.74, 6) is -6.50. The fourth-order valence-corrected chi connectivity index (χ4v) is 9.27. The maximum Gasteiger partial charge on any atom is 0.243 e. The molecule has 3 heterocycles. The number of aromatic amines is 2. The van der Waals surface area contributed by atoms with Crippen molar-refractivity contribution in [1.82, 2.24) is 62.8 Å². The minimum absolute atomic E-state index is 0.00148. The first-order chi connectivity index (χ1) is 36.1. The molecule has 0 aliphatic carbocycles. The molecule has 0 bridgehead atoms. The summed E-state index contributed by atoms with van der Waals surface area (Å²) in [6, 6.07) is 6.23. The molecule has 76 heavy (non-hydrogen) atoms. The Morgan fingerprint density at radius 2 is 1.57 bits per heavy atom. The molecule has 18 N–H and O–H groups in total. The van der Waals surface area contributed by atoms with Gasteiger partial charge in [0.1, 0.15) is 40.4 Å². The number of benzene rings is 2. The second-order valence-corrected chi connectivity index (χ2v) is 21.1. The number of nitrogens with two attached hydrogens (primary N) is 2. The number of aliphatic hydroxyl groups is 2. The van der Waals surface area contributed by atoms with Gasteiger partial charge in [-0.25, -0.2) is 13.4 Å². The lowest BCUT2D eigenvalue weighted by molar-refractivity contribution is -0.134. The van der Waals surface area contributed by atoms with Gasteiger partial charge < -0.3 is 68.9 Å². The van der Waals surface area contributed by atoms with Crippen LogP contribution in [-0.4, -0.2) is 161 Å². The number of aliphatic hydroxyl groups excluding tert-OH is 2. The Labute approximate surface area is 439 Å². The van der Waals surface area contributed by atoms with Crippen LogP contribution in [0.5, 0.6) is 0 Å². The number of primary amides is 1. The van der Waals surface area contributed by atoms with Crippen molar-refractivity contribution in [3.05, 3.63) is 90.1 Å². The number of imidazole rings is 1. The van der Waals surface area contributed by atoms with Crippen LogP contribution in [0.2, 0.25) is 0 Å². The van der Waals surface area contributed by atoms with Gasteiger partial charge in [-0.2, -0.15) is 0 Å². The molecule has 5 rings (SSSR count). The van der Waals surface area contributed by atoms with Gasteiger partial charge in [-0.05, 0) is 62.1 Å². The molecule has 0 saturated carbocycles. The molecule has 26 nitrogen and oxygen atoms in total. The number of sulfone groups is 1. The Morgan fingerprint density at radius 1 is 0.868 bits per heavy atom. The van der Waals surface area contributed by atoms with Crippen molar-refractivity contribution in [1.29, 1.82) is 5.41 Å². The molecule has 1 saturated heterocycles. The predicted molar refractivity (Wildman–Crippen MR) is 280 cm³/mol. The number of hydrogen-bond acceptors (Lipinski definition) is 15. The number of hydrogen-bond donors (Lipinski definition) is 16. The van der Waals surface area contributed by atoms with Gasteiger partial charge in [0.2, 0.25) is 41.4 Å². The van der Waals surface area contributed by atoms with Crippen LogP contribution in [0, 0.1) is 5.41 Å². The topological polar surface area (TPSA) is 423 Å². The Kier molecular flexibility index (Phi) is 22.7. The van der Waals surface area contributed by atoms with E-state index in [2.05, 4.69) is 62.8 Å². The second-order valence-electron chi connectivity index (χ2n) is 18.8. The van der Waals surface area contributed by atoms with Crippen LogP contribution in [0.1, 0.15) is 68.7 Å². The molecule has 414 valence electrons. The van der Waals surface area contributed by atoms with E-state index in [1.165, 1.54) is 19.4 Å². The Hall–Kier alpha value is -7.46. The summed E-state index contributed by atoms with van der Waals surface area (Å²) in [6.45, 7) is 1.46. The molecule has 2 aromatic carbocycles. The lowest BCUT2D eigenvalue weighted by Gasteiger charge is -2.32. The highest BCUT2D eigenvalue weighted by Crippen LogP contribution is 2.20. The van der Waals surface area contributed by atoms with Crippen LogP contribution in [0.15, 0.2) is 73.3 Å². The standard InChI is InChI=1S/C49H71N15O11S/c1-28(65)58-35(16-10-19-55-49(51)52)43(68)64-40-24-41(66)54-18-9-8-15-34(42(50)67)59-46(71)38(22-30-25-56-33-14-7-6-13-32(30)33)62-44(69)36(17-20-76(2,74)75)60-45(70)37(21-29-11-4-3-5-12-29)61-47(72)39(63-48(40)73)23-31-26-53-27-57-31/h3-7,11-14,25-27,34-40,43,47,56,61,64,68,72H,8-10,15-24H2,1-2H3,(H2,50,67)(H,53,57)(H,54,66)(H,58,65)(H,59,71)(H,60,70)(H,62,69)(H,63,73)(H4,51,52,55)/t34-,35-,36-,37+,38-,39-,40-,43?,47?/m0/s1. The third-order valence-corrected chi connectivity index (χ3v) is 13.5. The first-order valence-corrected chi connectivity index (χ1v) is 27.0. The minimum Gasteiger partial charge on any atom is -0.376 e. The molecule has 0 spiro atoms. The van der Waals surface area contributed by atoms with E-state index >= 15 is 0 Å². The molecule has 0 radical (unpaired) electrons. The number of aromatic nitrogens is 3. The lowest BCUT2D eigenvalue weighted by atomic mass is 10.0. The Balaban J connectivity index is 1.54. The number of nitrogens with one attached hydrogen (secondary N) is 12. The van der Waals surface area contributed by atoms with Crippen LogP contribution in [-0.2, 0) is 62.7 Å². The minimum atomic E-state index is -3.75. The smallest absolute Gasteiger partial charge is 0.243 e. The summed E-state index contributed by atoms with van der Waals surface area (Å²) >= 11 is 0. The number of nitrogens with zero attached hydrogens (tertiary/aromatic N) is 1. The quantitative estimate of drug-likeness (QED) is 0.0202. The average molecular weight is 1080 g/mol. The van der Waals surface area contributed by atoms with E-state index in [1.807, 2.05) is 18.2 Å². The van der Waals surface area contributed by atoms with Gasteiger partial charge >= 0.3 is 0 Å². The second kappa shape index (κ2) is 29.0. The summed E-state index contributed by atoms with van der Waals surface area (Å²) < 4.78 is 25.2. The van der Waals surface area contributed by atoms with Crippen LogP contribution in [0.3, 0.4) is 0 Å². The first kappa shape index (κ1) is 59.4. The number of para-hydroxylation sites is 1. The average Bonchev–Trinajstić information content (AvgIpc) is 4.04. The molecule has 27 heteroatoms. The van der Waals surface area contributed by atoms with Crippen LogP contribution >= 0.6 is 0 Å². The maximum atomic E-state index is 14.7. The monoisotopic (exact) mass is 1080 g/mol. The lowest BCUT2D eigenvalue weighted by Crippen LogP contribution is -2.62. The zero-order valence-corrected chi connectivity index (χ0v) is 43.2. The Morgan fingerprint density at radius 3 is 2.25 bits per heavy atom. The third kappa shape index (κ3) is 19.7. The number of guanidine groups is 1. The highest BCUT2D eigenvalue weighted by atomic mass is 32.2. The van der Waals surface area contributed by atoms with Crippen molar-refractivity contribution in [2.75, 3.05) is 25.1 Å². The molecule has 1 aliphatic heterocycles. The number of carbonyl (C=O) groups excluding carboxylic acids is 7. The largest absolute Gasteiger partial charge is 0.376 e. The molecule has 1 fully saturated rings. The number of H-pyrrole nitrogens is 2. The first-order valence-electron chi connectivity index (χ1n) is 24.9. The van der Waals surface area contributed by atoms with Crippen LogP contribution in [0.25, 0.3) is 10.9 Å². The summed E-state index contributed by atoms with van der Waals surface area (Å²) in [5.41, 5.74) is 13.4. The molecule has 1 aliphatic rings. The number of rotatable bonds is 18. The van der Waals surface area contributed by atoms with Gasteiger partial charge in [0.15, 0.2) is 5.96 Å². The van der Waals surface area contributed by atoms with E-state index < -0.39 is 125 Å². The number of amides is 7. The van der Waals surface area contributed by atoms with Crippen molar-refractivity contribution in [2.45, 2.75) is 126 Å². The summed E-state index contributed by atoms with van der Waals surface area (Å²) in [5, 5.41) is 56.1. The summed E-state index contributed by atoms with van der Waals surface area (Å²) in [6.07, 6.45) is 1.48. The number of fused-ring (bicyclic) bond motifs is 1. The van der Waals surface area contributed by atoms with Gasteiger partial charge in [-0.3, -0.25) is 49.6 Å². The van der Waals surface area contributed by atoms with Crippen molar-refractivity contribution in [3.8, 4) is 0 Å². The fourth-order valence-electron chi connectivity index (χ4n) is 8.61. The molecular formula is C49H71N15O11S. The van der Waals surface area contributed by atoms with Crippen molar-refractivity contribution in [3.63, 3.8) is 0 Å². The van der Waals surface area contributed by atoms with Gasteiger partial charge in [0.05, 0.1) is 48.4 Å². The normalized spacial score (nSPS) is 22.9. The van der Waals surface area contributed by atoms with Crippen LogP contribution < -0.4 is 59.3 Å². The summed E-state index contributed by atoms with van der Waals surface area (Å²) in [4.78, 5) is 107.